The third kappa shape index (κ3) is 3.15. The number of nitrogens with one attached hydrogen (secondary N) is 1. The highest BCUT2D eigenvalue weighted by Crippen LogP contribution is 2.44. The highest BCUT2D eigenvalue weighted by Gasteiger charge is 2.60. The zero-order valence-electron chi connectivity index (χ0n) is 12.0. The number of nitrogens with zero attached hydrogens (tertiary/aromatic N) is 1. The number of aliphatic hydroxyl groups is 1. The molecule has 4 nitrogen and oxygen atoms in total. The van der Waals surface area contributed by atoms with E-state index in [-0.39, 0.29) is 19.4 Å². The number of hydrogen-bond donors (Lipinski definition) is 2. The first-order valence-corrected chi connectivity index (χ1v) is 7.01. The highest BCUT2D eigenvalue weighted by molar-refractivity contribution is 5.85. The summed E-state index contributed by atoms with van der Waals surface area (Å²) in [7, 11) is 1.82. The Morgan fingerprint density at radius 1 is 1.38 bits per heavy atom. The molecule has 1 aromatic carbocycles. The van der Waals surface area contributed by atoms with Crippen LogP contribution in [-0.4, -0.2) is 42.7 Å². The number of halogens is 2. The van der Waals surface area contributed by atoms with E-state index in [1.807, 2.05) is 42.3 Å². The van der Waals surface area contributed by atoms with Crippen LogP contribution in [0.3, 0.4) is 0 Å². The van der Waals surface area contributed by atoms with E-state index < -0.39 is 17.4 Å². The Bertz CT molecular complexity index is 490. The number of likely N-dealkylation sites (N-methyl/N-ethyl adjacent to an activating group) is 1. The molecule has 0 radical (unpaired) electrons. The smallest absolute Gasteiger partial charge is 0.352 e. The fourth-order valence-corrected chi connectivity index (χ4v) is 2.30. The number of benzene rings is 1. The van der Waals surface area contributed by atoms with Gasteiger partial charge in [-0.1, -0.05) is 18.2 Å². The van der Waals surface area contributed by atoms with E-state index in [9.17, 15) is 18.7 Å². The van der Waals surface area contributed by atoms with Crippen molar-refractivity contribution in [2.24, 2.45) is 0 Å². The number of para-hydroxylation sites is 1. The van der Waals surface area contributed by atoms with Gasteiger partial charge in [0.15, 0.2) is 0 Å². The summed E-state index contributed by atoms with van der Waals surface area (Å²) >= 11 is 0. The second-order valence-electron chi connectivity index (χ2n) is 5.47. The van der Waals surface area contributed by atoms with Crippen molar-refractivity contribution < 1.29 is 18.7 Å². The minimum atomic E-state index is -3.73. The molecule has 6 heteroatoms. The molecule has 2 N–H and O–H groups in total. The van der Waals surface area contributed by atoms with Crippen molar-refractivity contribution in [1.29, 1.82) is 0 Å². The Labute approximate surface area is 122 Å². The van der Waals surface area contributed by atoms with Crippen molar-refractivity contribution in [1.82, 2.24) is 5.32 Å². The lowest BCUT2D eigenvalue weighted by Gasteiger charge is -2.41. The molecule has 1 aromatic rings. The molecular formula is C15H20F2N2O2. The van der Waals surface area contributed by atoms with Crippen LogP contribution in [0.15, 0.2) is 30.3 Å². The molecular weight excluding hydrogens is 278 g/mol. The van der Waals surface area contributed by atoms with E-state index >= 15 is 0 Å². The van der Waals surface area contributed by atoms with Gasteiger partial charge >= 0.3 is 5.92 Å². The van der Waals surface area contributed by atoms with Crippen molar-refractivity contribution in [3.05, 3.63) is 30.3 Å². The lowest BCUT2D eigenvalue weighted by molar-refractivity contribution is -0.215. The van der Waals surface area contributed by atoms with E-state index in [1.165, 1.54) is 0 Å². The monoisotopic (exact) mass is 298 g/mol. The van der Waals surface area contributed by atoms with Gasteiger partial charge in [-0.15, -0.1) is 0 Å². The molecule has 1 amide bonds. The van der Waals surface area contributed by atoms with Crippen molar-refractivity contribution in [2.75, 3.05) is 25.0 Å². The number of hydrogen-bond acceptors (Lipinski definition) is 3. The van der Waals surface area contributed by atoms with Gasteiger partial charge in [-0.3, -0.25) is 4.79 Å². The van der Waals surface area contributed by atoms with Crippen LogP contribution < -0.4 is 10.2 Å². The molecule has 1 saturated carbocycles. The van der Waals surface area contributed by atoms with Gasteiger partial charge in [-0.2, -0.15) is 8.78 Å². The maximum absolute atomic E-state index is 13.8. The van der Waals surface area contributed by atoms with E-state index in [1.54, 1.807) is 0 Å². The predicted octanol–water partition coefficient (Wildman–Crippen LogP) is 1.79. The van der Waals surface area contributed by atoms with Crippen LogP contribution in [0.2, 0.25) is 0 Å². The van der Waals surface area contributed by atoms with Gasteiger partial charge in [0.1, 0.15) is 5.60 Å². The molecule has 1 fully saturated rings. The number of carbonyl (C=O) groups is 1. The van der Waals surface area contributed by atoms with E-state index in [4.69, 9.17) is 0 Å². The standard InChI is InChI=1S/C15H20F2N2O2/c1-19(12-6-3-2-4-7-12)11-10-18-13(20)15(16,17)14(21)8-5-9-14/h2-4,6-7,21H,5,8-11H2,1H3,(H,18,20). The van der Waals surface area contributed by atoms with E-state index in [0.717, 1.165) is 5.69 Å². The number of anilines is 1. The Morgan fingerprint density at radius 2 is 2.00 bits per heavy atom. The molecule has 116 valence electrons. The summed E-state index contributed by atoms with van der Waals surface area (Å²) in [5, 5.41) is 11.9. The number of alkyl halides is 2. The number of rotatable bonds is 6. The first-order chi connectivity index (χ1) is 9.87. The topological polar surface area (TPSA) is 52.6 Å². The molecule has 0 saturated heterocycles. The summed E-state index contributed by atoms with van der Waals surface area (Å²) in [6.45, 7) is 0.500. The number of carbonyl (C=O) groups excluding carboxylic acids is 1. The molecule has 0 spiro atoms. The van der Waals surface area contributed by atoms with Gasteiger partial charge in [-0.25, -0.2) is 0 Å². The van der Waals surface area contributed by atoms with Crippen molar-refractivity contribution in [3.8, 4) is 0 Å². The van der Waals surface area contributed by atoms with Gasteiger partial charge in [-0.05, 0) is 31.4 Å². The largest absolute Gasteiger partial charge is 0.383 e. The van der Waals surface area contributed by atoms with Crippen LogP contribution in [0, 0.1) is 0 Å². The molecule has 0 atom stereocenters. The third-order valence-electron chi connectivity index (χ3n) is 3.98. The second kappa shape index (κ2) is 5.97. The summed E-state index contributed by atoms with van der Waals surface area (Å²) < 4.78 is 27.6. The SMILES string of the molecule is CN(CCNC(=O)C(F)(F)C1(O)CCC1)c1ccccc1. The normalized spacial score (nSPS) is 17.0. The average Bonchev–Trinajstić information content (AvgIpc) is 2.45. The zero-order chi connectivity index (χ0) is 15.5. The fourth-order valence-electron chi connectivity index (χ4n) is 2.30. The Balaban J connectivity index is 1.82. The van der Waals surface area contributed by atoms with Gasteiger partial charge in [0.05, 0.1) is 0 Å². The minimum absolute atomic E-state index is 0.0304. The Morgan fingerprint density at radius 3 is 2.52 bits per heavy atom. The van der Waals surface area contributed by atoms with Crippen LogP contribution >= 0.6 is 0 Å². The molecule has 21 heavy (non-hydrogen) atoms. The number of amides is 1. The first kappa shape index (κ1) is 15.7. The molecule has 1 aliphatic rings. The molecule has 2 rings (SSSR count). The lowest BCUT2D eigenvalue weighted by atomic mass is 9.75. The van der Waals surface area contributed by atoms with Crippen molar-refractivity contribution in [3.63, 3.8) is 0 Å². The van der Waals surface area contributed by atoms with Crippen LogP contribution in [-0.2, 0) is 4.79 Å². The summed E-state index contributed by atoms with van der Waals surface area (Å²) in [6.07, 6.45) is 0.463. The average molecular weight is 298 g/mol. The van der Waals surface area contributed by atoms with Crippen LogP contribution in [0.25, 0.3) is 0 Å². The van der Waals surface area contributed by atoms with Gasteiger partial charge in [0.25, 0.3) is 5.91 Å². The fraction of sp³-hybridized carbons (Fsp3) is 0.533. The molecule has 0 unspecified atom stereocenters. The zero-order valence-corrected chi connectivity index (χ0v) is 12.0. The lowest BCUT2D eigenvalue weighted by Crippen LogP contribution is -2.61. The van der Waals surface area contributed by atoms with E-state index in [0.29, 0.717) is 13.0 Å². The van der Waals surface area contributed by atoms with Crippen LogP contribution in [0.1, 0.15) is 19.3 Å². The Hall–Kier alpha value is -1.69. The summed E-state index contributed by atoms with van der Waals surface area (Å²) in [5.41, 5.74) is -1.22. The quantitative estimate of drug-likeness (QED) is 0.842. The van der Waals surface area contributed by atoms with Gasteiger partial charge < -0.3 is 15.3 Å². The second-order valence-corrected chi connectivity index (χ2v) is 5.47. The molecule has 0 aliphatic heterocycles. The van der Waals surface area contributed by atoms with Crippen molar-refractivity contribution >= 4 is 11.6 Å². The summed E-state index contributed by atoms with van der Waals surface area (Å²) in [5.74, 6) is -5.12. The molecule has 1 aliphatic carbocycles. The third-order valence-corrected chi connectivity index (χ3v) is 3.98. The highest BCUT2D eigenvalue weighted by atomic mass is 19.3. The predicted molar refractivity (Wildman–Crippen MR) is 76.5 cm³/mol. The molecule has 0 aromatic heterocycles. The summed E-state index contributed by atoms with van der Waals surface area (Å²) in [4.78, 5) is 13.4. The first-order valence-electron chi connectivity index (χ1n) is 7.01. The van der Waals surface area contributed by atoms with Gasteiger partial charge in [0, 0.05) is 25.8 Å². The minimum Gasteiger partial charge on any atom is -0.383 e. The Kier molecular flexibility index (Phi) is 4.46. The maximum Gasteiger partial charge on any atom is 0.352 e. The molecule has 0 heterocycles. The molecule has 0 bridgehead atoms. The van der Waals surface area contributed by atoms with Crippen LogP contribution in [0.5, 0.6) is 0 Å². The summed E-state index contributed by atoms with van der Waals surface area (Å²) in [6, 6.07) is 9.44. The van der Waals surface area contributed by atoms with E-state index in [2.05, 4.69) is 5.32 Å². The van der Waals surface area contributed by atoms with Crippen molar-refractivity contribution in [2.45, 2.75) is 30.8 Å². The van der Waals surface area contributed by atoms with Crippen LogP contribution in [0.4, 0.5) is 14.5 Å². The maximum atomic E-state index is 13.8. The van der Waals surface area contributed by atoms with Gasteiger partial charge in [0.2, 0.25) is 0 Å².